The lowest BCUT2D eigenvalue weighted by Crippen LogP contribution is -2.24. The smallest absolute Gasteiger partial charge is 0.234 e. The van der Waals surface area contributed by atoms with Crippen LogP contribution in [0.3, 0.4) is 0 Å². The van der Waals surface area contributed by atoms with Crippen molar-refractivity contribution in [3.05, 3.63) is 60.8 Å². The normalized spacial score (nSPS) is 25.6. The van der Waals surface area contributed by atoms with Gasteiger partial charge in [-0.25, -0.2) is 0 Å². The van der Waals surface area contributed by atoms with E-state index >= 15 is 0 Å². The molecular weight excluding hydrogens is 252 g/mol. The summed E-state index contributed by atoms with van der Waals surface area (Å²) in [4.78, 5) is 12.6. The molecule has 100 valence electrons. The van der Waals surface area contributed by atoms with E-state index in [0.717, 1.165) is 5.57 Å². The maximum absolute atomic E-state index is 12.6. The van der Waals surface area contributed by atoms with Gasteiger partial charge in [0.25, 0.3) is 0 Å². The number of allylic oxidation sites excluding steroid dienone is 1. The summed E-state index contributed by atoms with van der Waals surface area (Å²) in [6.45, 7) is 3.95. The second-order valence-electron chi connectivity index (χ2n) is 5.05. The van der Waals surface area contributed by atoms with Crippen molar-refractivity contribution < 1.29 is 9.21 Å². The van der Waals surface area contributed by atoms with Gasteiger partial charge in [0.1, 0.15) is 5.76 Å². The van der Waals surface area contributed by atoms with E-state index in [4.69, 9.17) is 4.42 Å². The molecule has 1 fully saturated rings. The lowest BCUT2D eigenvalue weighted by Gasteiger charge is -2.18. The summed E-state index contributed by atoms with van der Waals surface area (Å²) in [6, 6.07) is 9.49. The van der Waals surface area contributed by atoms with Gasteiger partial charge in [0.05, 0.1) is 24.2 Å². The van der Waals surface area contributed by atoms with Crippen LogP contribution in [0.1, 0.15) is 22.9 Å². The molecule has 0 unspecified atom stereocenters. The van der Waals surface area contributed by atoms with Crippen molar-refractivity contribution in [2.45, 2.75) is 12.3 Å². The topological polar surface area (TPSA) is 58.9 Å². The van der Waals surface area contributed by atoms with E-state index in [1.165, 1.54) is 0 Å². The van der Waals surface area contributed by atoms with Gasteiger partial charge < -0.3 is 4.42 Å². The standard InChI is InChI=1S/C16H14N2O2/c1-11-9-12(16(19)18-6-2-3-7-18)15(13(11)10-17)14-5-4-8-20-14/h2-8,12-13,15H,1,9H2/t12-,13-,15+/m1/s1. The number of carbonyl (C=O) groups excluding carboxylic acids is 1. The van der Waals surface area contributed by atoms with Crippen molar-refractivity contribution in [1.82, 2.24) is 4.57 Å². The molecule has 0 aromatic carbocycles. The van der Waals surface area contributed by atoms with E-state index in [1.807, 2.05) is 18.2 Å². The van der Waals surface area contributed by atoms with Crippen LogP contribution in [0.25, 0.3) is 0 Å². The minimum atomic E-state index is -0.370. The van der Waals surface area contributed by atoms with Crippen LogP contribution in [-0.4, -0.2) is 10.5 Å². The summed E-state index contributed by atoms with van der Waals surface area (Å²) in [6.07, 6.45) is 5.55. The highest BCUT2D eigenvalue weighted by molar-refractivity contribution is 5.83. The molecule has 2 heterocycles. The fraction of sp³-hybridized carbons (Fsp3) is 0.250. The average Bonchev–Trinajstić information content (AvgIpc) is 3.18. The first-order valence-corrected chi connectivity index (χ1v) is 6.50. The van der Waals surface area contributed by atoms with Crippen LogP contribution in [0.5, 0.6) is 0 Å². The Bertz CT molecular complexity index is 662. The number of carbonyl (C=O) groups is 1. The SMILES string of the molecule is C=C1C[C@@H](C(=O)n2cccc2)[C@H](c2ccco2)[C@@H]1C#N. The van der Waals surface area contributed by atoms with Crippen LogP contribution >= 0.6 is 0 Å². The summed E-state index contributed by atoms with van der Waals surface area (Å²) < 4.78 is 7.01. The third-order valence-corrected chi connectivity index (χ3v) is 3.90. The van der Waals surface area contributed by atoms with E-state index in [2.05, 4.69) is 12.6 Å². The van der Waals surface area contributed by atoms with Gasteiger partial charge in [-0.05, 0) is 30.7 Å². The summed E-state index contributed by atoms with van der Waals surface area (Å²) in [5.74, 6) is -0.259. The van der Waals surface area contributed by atoms with E-state index in [1.54, 1.807) is 29.3 Å². The first-order chi connectivity index (χ1) is 9.72. The molecule has 3 rings (SSSR count). The summed E-state index contributed by atoms with van der Waals surface area (Å²) in [7, 11) is 0. The van der Waals surface area contributed by atoms with E-state index in [0.29, 0.717) is 12.2 Å². The quantitative estimate of drug-likeness (QED) is 0.784. The molecule has 0 radical (unpaired) electrons. The van der Waals surface area contributed by atoms with Gasteiger partial charge in [-0.15, -0.1) is 0 Å². The maximum Gasteiger partial charge on any atom is 0.234 e. The van der Waals surface area contributed by atoms with Gasteiger partial charge in [0, 0.05) is 18.3 Å². The van der Waals surface area contributed by atoms with Crippen LogP contribution in [0.4, 0.5) is 0 Å². The Morgan fingerprint density at radius 3 is 2.75 bits per heavy atom. The molecule has 2 aromatic heterocycles. The Hall–Kier alpha value is -2.54. The number of hydrogen-bond acceptors (Lipinski definition) is 3. The van der Waals surface area contributed by atoms with Gasteiger partial charge >= 0.3 is 0 Å². The summed E-state index contributed by atoms with van der Waals surface area (Å²) >= 11 is 0. The predicted octanol–water partition coefficient (Wildman–Crippen LogP) is 3.22. The van der Waals surface area contributed by atoms with Crippen molar-refractivity contribution >= 4 is 5.91 Å². The molecule has 0 bridgehead atoms. The highest BCUT2D eigenvalue weighted by Crippen LogP contribution is 2.47. The first-order valence-electron chi connectivity index (χ1n) is 6.50. The molecule has 0 N–H and O–H groups in total. The highest BCUT2D eigenvalue weighted by atomic mass is 16.3. The maximum atomic E-state index is 12.6. The molecule has 4 nitrogen and oxygen atoms in total. The van der Waals surface area contributed by atoms with Gasteiger partial charge in [-0.2, -0.15) is 5.26 Å². The zero-order valence-corrected chi connectivity index (χ0v) is 10.9. The molecule has 4 heteroatoms. The lowest BCUT2D eigenvalue weighted by molar-refractivity contribution is 0.0817. The van der Waals surface area contributed by atoms with Gasteiger partial charge in [-0.1, -0.05) is 12.2 Å². The monoisotopic (exact) mass is 266 g/mol. The van der Waals surface area contributed by atoms with Crippen LogP contribution in [0.15, 0.2) is 59.5 Å². The molecule has 1 saturated carbocycles. The fourth-order valence-corrected chi connectivity index (χ4v) is 2.95. The number of aromatic nitrogens is 1. The minimum absolute atomic E-state index is 0.0182. The fourth-order valence-electron chi connectivity index (χ4n) is 2.95. The van der Waals surface area contributed by atoms with Crippen molar-refractivity contribution in [2.24, 2.45) is 11.8 Å². The Balaban J connectivity index is 1.99. The molecule has 0 spiro atoms. The highest BCUT2D eigenvalue weighted by Gasteiger charge is 2.45. The van der Waals surface area contributed by atoms with Crippen molar-refractivity contribution in [3.8, 4) is 6.07 Å². The van der Waals surface area contributed by atoms with E-state index < -0.39 is 0 Å². The largest absolute Gasteiger partial charge is 0.469 e. The average molecular weight is 266 g/mol. The van der Waals surface area contributed by atoms with Gasteiger partial charge in [0.15, 0.2) is 0 Å². The minimum Gasteiger partial charge on any atom is -0.469 e. The van der Waals surface area contributed by atoms with Crippen molar-refractivity contribution in [3.63, 3.8) is 0 Å². The Labute approximate surface area is 116 Å². The second-order valence-corrected chi connectivity index (χ2v) is 5.05. The number of nitrogens with zero attached hydrogens (tertiary/aromatic N) is 2. The lowest BCUT2D eigenvalue weighted by atomic mass is 9.87. The molecule has 3 atom stereocenters. The Morgan fingerprint density at radius 2 is 2.15 bits per heavy atom. The van der Waals surface area contributed by atoms with Crippen molar-refractivity contribution in [2.75, 3.05) is 0 Å². The third kappa shape index (κ3) is 1.88. The Morgan fingerprint density at radius 1 is 1.40 bits per heavy atom. The third-order valence-electron chi connectivity index (χ3n) is 3.90. The molecule has 0 amide bonds. The zero-order chi connectivity index (χ0) is 14.1. The summed E-state index contributed by atoms with van der Waals surface area (Å²) in [5, 5.41) is 9.37. The van der Waals surface area contributed by atoms with Crippen molar-refractivity contribution in [1.29, 1.82) is 5.26 Å². The van der Waals surface area contributed by atoms with Crippen LogP contribution < -0.4 is 0 Å². The number of hydrogen-bond donors (Lipinski definition) is 0. The first kappa shape index (κ1) is 12.5. The molecule has 0 saturated heterocycles. The molecule has 1 aliphatic carbocycles. The predicted molar refractivity (Wildman–Crippen MR) is 72.9 cm³/mol. The molecule has 2 aromatic rings. The summed E-state index contributed by atoms with van der Waals surface area (Å²) in [5.41, 5.74) is 0.805. The van der Waals surface area contributed by atoms with Crippen LogP contribution in [0, 0.1) is 23.2 Å². The van der Waals surface area contributed by atoms with E-state index in [-0.39, 0.29) is 23.7 Å². The number of nitriles is 1. The molecule has 1 aliphatic rings. The van der Waals surface area contributed by atoms with Crippen LogP contribution in [0.2, 0.25) is 0 Å². The van der Waals surface area contributed by atoms with Gasteiger partial charge in [0.2, 0.25) is 5.91 Å². The molecule has 20 heavy (non-hydrogen) atoms. The number of furan rings is 1. The van der Waals surface area contributed by atoms with Crippen LogP contribution in [-0.2, 0) is 0 Å². The Kier molecular flexibility index (Phi) is 3.03. The zero-order valence-electron chi connectivity index (χ0n) is 10.9. The van der Waals surface area contributed by atoms with Gasteiger partial charge in [-0.3, -0.25) is 9.36 Å². The molecular formula is C16H14N2O2. The second kappa shape index (κ2) is 4.86. The number of rotatable bonds is 2. The molecule has 0 aliphatic heterocycles. The van der Waals surface area contributed by atoms with E-state index in [9.17, 15) is 10.1 Å².